The second-order valence-corrected chi connectivity index (χ2v) is 6.61. The second-order valence-electron chi connectivity index (χ2n) is 6.61. The highest BCUT2D eigenvalue weighted by Gasteiger charge is 2.26. The average Bonchev–Trinajstić information content (AvgIpc) is 3.32. The molecular weight excluding hydrogens is 286 g/mol. The van der Waals surface area contributed by atoms with E-state index in [9.17, 15) is 0 Å². The number of hydrogen-bond donors (Lipinski definition) is 1. The van der Waals surface area contributed by atoms with Crippen molar-refractivity contribution in [1.82, 2.24) is 25.0 Å². The summed E-state index contributed by atoms with van der Waals surface area (Å²) < 4.78 is 2.20. The zero-order valence-electron chi connectivity index (χ0n) is 13.6. The molecule has 1 aliphatic rings. The average molecular weight is 309 g/mol. The Morgan fingerprint density at radius 3 is 3.00 bits per heavy atom. The Balaban J connectivity index is 1.68. The van der Waals surface area contributed by atoms with Gasteiger partial charge in [0, 0.05) is 28.9 Å². The van der Waals surface area contributed by atoms with Gasteiger partial charge in [-0.15, -0.1) is 5.10 Å². The molecule has 5 nitrogen and oxygen atoms in total. The number of aromatic nitrogens is 5. The SMILES string of the molecule is CCC[C@H](C1CCCC1)n1cc(-c2cnnc3[nH]ccc23)cn1. The van der Waals surface area contributed by atoms with Crippen LogP contribution in [0.2, 0.25) is 0 Å². The highest BCUT2D eigenvalue weighted by Crippen LogP contribution is 2.37. The fraction of sp³-hybridized carbons (Fsp3) is 0.500. The number of hydrogen-bond acceptors (Lipinski definition) is 3. The van der Waals surface area contributed by atoms with Crippen molar-refractivity contribution in [3.63, 3.8) is 0 Å². The predicted molar refractivity (Wildman–Crippen MR) is 91.0 cm³/mol. The molecule has 0 radical (unpaired) electrons. The summed E-state index contributed by atoms with van der Waals surface area (Å²) in [6, 6.07) is 2.59. The maximum atomic E-state index is 4.71. The van der Waals surface area contributed by atoms with Crippen molar-refractivity contribution in [2.45, 2.75) is 51.5 Å². The van der Waals surface area contributed by atoms with Crippen LogP contribution in [-0.2, 0) is 0 Å². The molecule has 3 aromatic rings. The minimum absolute atomic E-state index is 0.535. The molecule has 4 rings (SSSR count). The molecule has 0 bridgehead atoms. The van der Waals surface area contributed by atoms with Crippen molar-refractivity contribution in [3.05, 3.63) is 30.9 Å². The van der Waals surface area contributed by atoms with Crippen molar-refractivity contribution < 1.29 is 0 Å². The molecule has 120 valence electrons. The first kappa shape index (κ1) is 14.4. The van der Waals surface area contributed by atoms with Crippen LogP contribution in [-0.4, -0.2) is 25.0 Å². The van der Waals surface area contributed by atoms with E-state index in [-0.39, 0.29) is 0 Å². The van der Waals surface area contributed by atoms with Gasteiger partial charge in [0.2, 0.25) is 0 Å². The Labute approximate surface area is 136 Å². The lowest BCUT2D eigenvalue weighted by Gasteiger charge is -2.23. The summed E-state index contributed by atoms with van der Waals surface area (Å²) >= 11 is 0. The summed E-state index contributed by atoms with van der Waals surface area (Å²) in [5.41, 5.74) is 3.06. The molecule has 0 aliphatic heterocycles. The van der Waals surface area contributed by atoms with E-state index >= 15 is 0 Å². The standard InChI is InChI=1S/C18H23N5/c1-2-5-17(13-6-3-4-7-13)23-12-14(10-21-23)16-11-20-22-18-15(16)8-9-19-18/h8-13,17H,2-7H2,1H3,(H,19,22)/t17-/m1/s1. The Kier molecular flexibility index (Phi) is 3.85. The van der Waals surface area contributed by atoms with Gasteiger partial charge in [-0.2, -0.15) is 10.2 Å². The highest BCUT2D eigenvalue weighted by atomic mass is 15.3. The first-order chi connectivity index (χ1) is 11.4. The van der Waals surface area contributed by atoms with Crippen molar-refractivity contribution in [3.8, 4) is 11.1 Å². The molecule has 1 saturated carbocycles. The van der Waals surface area contributed by atoms with Crippen LogP contribution in [0.5, 0.6) is 0 Å². The topological polar surface area (TPSA) is 59.4 Å². The monoisotopic (exact) mass is 309 g/mol. The third-order valence-corrected chi connectivity index (χ3v) is 5.14. The molecule has 0 unspecified atom stereocenters. The van der Waals surface area contributed by atoms with Crippen LogP contribution in [0.15, 0.2) is 30.9 Å². The maximum absolute atomic E-state index is 4.71. The lowest BCUT2D eigenvalue weighted by molar-refractivity contribution is 0.290. The van der Waals surface area contributed by atoms with Gasteiger partial charge in [0.05, 0.1) is 18.4 Å². The molecule has 0 aromatic carbocycles. The minimum Gasteiger partial charge on any atom is -0.345 e. The summed E-state index contributed by atoms with van der Waals surface area (Å²) in [4.78, 5) is 3.12. The number of H-pyrrole nitrogens is 1. The second kappa shape index (κ2) is 6.14. The van der Waals surface area contributed by atoms with Gasteiger partial charge in [0.1, 0.15) is 0 Å². The van der Waals surface area contributed by atoms with Crippen molar-refractivity contribution >= 4 is 11.0 Å². The zero-order chi connectivity index (χ0) is 15.6. The van der Waals surface area contributed by atoms with Crippen LogP contribution in [0.1, 0.15) is 51.5 Å². The van der Waals surface area contributed by atoms with Crippen molar-refractivity contribution in [2.75, 3.05) is 0 Å². The van der Waals surface area contributed by atoms with E-state index in [4.69, 9.17) is 5.10 Å². The molecule has 1 atom stereocenters. The van der Waals surface area contributed by atoms with Crippen molar-refractivity contribution in [2.24, 2.45) is 5.92 Å². The molecule has 1 aliphatic carbocycles. The van der Waals surface area contributed by atoms with E-state index in [1.807, 2.05) is 18.6 Å². The number of fused-ring (bicyclic) bond motifs is 1. The van der Waals surface area contributed by atoms with Crippen LogP contribution < -0.4 is 0 Å². The maximum Gasteiger partial charge on any atom is 0.160 e. The summed E-state index contributed by atoms with van der Waals surface area (Å²) in [7, 11) is 0. The first-order valence-corrected chi connectivity index (χ1v) is 8.70. The largest absolute Gasteiger partial charge is 0.345 e. The molecule has 0 spiro atoms. The van der Waals surface area contributed by atoms with Crippen LogP contribution in [0.25, 0.3) is 22.2 Å². The molecule has 0 amide bonds. The van der Waals surface area contributed by atoms with Gasteiger partial charge in [0.15, 0.2) is 5.65 Å². The number of aromatic amines is 1. The Bertz CT molecular complexity index is 781. The zero-order valence-corrected chi connectivity index (χ0v) is 13.6. The summed E-state index contributed by atoms with van der Waals surface area (Å²) in [5, 5.41) is 14.0. The lowest BCUT2D eigenvalue weighted by atomic mass is 9.94. The quantitative estimate of drug-likeness (QED) is 0.762. The van der Waals surface area contributed by atoms with Crippen LogP contribution in [0.4, 0.5) is 0 Å². The molecule has 0 saturated heterocycles. The van der Waals surface area contributed by atoms with Gasteiger partial charge in [-0.1, -0.05) is 26.2 Å². The van der Waals surface area contributed by atoms with Crippen LogP contribution in [0.3, 0.4) is 0 Å². The number of nitrogens with one attached hydrogen (secondary N) is 1. The summed E-state index contributed by atoms with van der Waals surface area (Å²) in [5.74, 6) is 0.783. The summed E-state index contributed by atoms with van der Waals surface area (Å²) in [6.45, 7) is 2.27. The third-order valence-electron chi connectivity index (χ3n) is 5.14. The van der Waals surface area contributed by atoms with Gasteiger partial charge in [-0.25, -0.2) is 0 Å². The van der Waals surface area contributed by atoms with E-state index in [1.165, 1.54) is 38.5 Å². The van der Waals surface area contributed by atoms with Crippen molar-refractivity contribution in [1.29, 1.82) is 0 Å². The highest BCUT2D eigenvalue weighted by molar-refractivity contribution is 5.91. The van der Waals surface area contributed by atoms with E-state index < -0.39 is 0 Å². The Morgan fingerprint density at radius 2 is 2.17 bits per heavy atom. The summed E-state index contributed by atoms with van der Waals surface area (Å²) in [6.07, 6.45) is 15.8. The predicted octanol–water partition coefficient (Wildman–Crippen LogP) is 4.35. The molecule has 3 aromatic heterocycles. The molecule has 5 heteroatoms. The van der Waals surface area contributed by atoms with Crippen LogP contribution in [0, 0.1) is 5.92 Å². The molecule has 1 N–H and O–H groups in total. The smallest absolute Gasteiger partial charge is 0.160 e. The van der Waals surface area contributed by atoms with Gasteiger partial charge >= 0.3 is 0 Å². The van der Waals surface area contributed by atoms with E-state index in [0.717, 1.165) is 28.1 Å². The van der Waals surface area contributed by atoms with E-state index in [2.05, 4.69) is 39.1 Å². The van der Waals surface area contributed by atoms with E-state index in [0.29, 0.717) is 6.04 Å². The lowest BCUT2D eigenvalue weighted by Crippen LogP contribution is -2.17. The molecular formula is C18H23N5. The van der Waals surface area contributed by atoms with Crippen LogP contribution >= 0.6 is 0 Å². The number of nitrogens with zero attached hydrogens (tertiary/aromatic N) is 4. The minimum atomic E-state index is 0.535. The van der Waals surface area contributed by atoms with E-state index in [1.54, 1.807) is 0 Å². The van der Waals surface area contributed by atoms with Gasteiger partial charge in [0.25, 0.3) is 0 Å². The normalized spacial score (nSPS) is 17.1. The Hall–Kier alpha value is -2.17. The van der Waals surface area contributed by atoms with Gasteiger partial charge in [-0.3, -0.25) is 4.68 Å². The Morgan fingerprint density at radius 1 is 1.30 bits per heavy atom. The molecule has 3 heterocycles. The first-order valence-electron chi connectivity index (χ1n) is 8.70. The molecule has 1 fully saturated rings. The van der Waals surface area contributed by atoms with Gasteiger partial charge in [-0.05, 0) is 31.2 Å². The fourth-order valence-electron chi connectivity index (χ4n) is 3.99. The third kappa shape index (κ3) is 2.64. The van der Waals surface area contributed by atoms with Gasteiger partial charge < -0.3 is 4.98 Å². The fourth-order valence-corrected chi connectivity index (χ4v) is 3.99. The number of rotatable bonds is 5. The molecule has 23 heavy (non-hydrogen) atoms.